The van der Waals surface area contributed by atoms with Crippen molar-refractivity contribution in [3.63, 3.8) is 0 Å². The molecule has 0 N–H and O–H groups in total. The first kappa shape index (κ1) is 12.1. The minimum Gasteiger partial charge on any atom is -0.289 e. The van der Waals surface area contributed by atoms with Crippen LogP contribution >= 0.6 is 15.9 Å². The van der Waals surface area contributed by atoms with Crippen LogP contribution in [0.1, 0.15) is 32.2 Å². The molecule has 0 spiro atoms. The van der Waals surface area contributed by atoms with E-state index in [1.807, 2.05) is 22.6 Å². The molecule has 0 unspecified atom stereocenters. The molecule has 0 bridgehead atoms. The summed E-state index contributed by atoms with van der Waals surface area (Å²) < 4.78 is 2.94. The highest BCUT2D eigenvalue weighted by molar-refractivity contribution is 9.10. The van der Waals surface area contributed by atoms with Crippen LogP contribution in [-0.2, 0) is 11.8 Å². The normalized spacial score (nSPS) is 11.7. The van der Waals surface area contributed by atoms with Crippen molar-refractivity contribution in [2.75, 3.05) is 0 Å². The maximum atomic E-state index is 8.97. The average Bonchev–Trinajstić information content (AvgIpc) is 2.59. The molecule has 0 fully saturated rings. The van der Waals surface area contributed by atoms with Crippen molar-refractivity contribution in [1.82, 2.24) is 9.38 Å². The second kappa shape index (κ2) is 4.15. The molecule has 2 aromatic rings. The summed E-state index contributed by atoms with van der Waals surface area (Å²) in [6.45, 7) is 6.34. The first-order valence-corrected chi connectivity index (χ1v) is 6.27. The Morgan fingerprint density at radius 2 is 2.12 bits per heavy atom. The molecule has 2 rings (SSSR count). The Balaban J connectivity index is 2.82. The number of aromatic nitrogens is 2. The monoisotopic (exact) mass is 291 g/mol. The molecule has 2 aromatic heterocycles. The molecule has 0 atom stereocenters. The van der Waals surface area contributed by atoms with E-state index < -0.39 is 0 Å². The third kappa shape index (κ3) is 2.07. The molecule has 0 aliphatic carbocycles. The van der Waals surface area contributed by atoms with Crippen molar-refractivity contribution in [1.29, 1.82) is 5.26 Å². The number of imidazole rings is 1. The Kier molecular flexibility index (Phi) is 2.96. The second-order valence-electron chi connectivity index (χ2n) is 5.03. The van der Waals surface area contributed by atoms with Crippen molar-refractivity contribution < 1.29 is 0 Å². The summed E-state index contributed by atoms with van der Waals surface area (Å²) in [5.74, 6) is 0. The van der Waals surface area contributed by atoms with Gasteiger partial charge < -0.3 is 0 Å². The van der Waals surface area contributed by atoms with Gasteiger partial charge in [0, 0.05) is 5.41 Å². The van der Waals surface area contributed by atoms with Crippen LogP contribution in [-0.4, -0.2) is 9.38 Å². The molecule has 17 heavy (non-hydrogen) atoms. The Morgan fingerprint density at radius 3 is 2.71 bits per heavy atom. The summed E-state index contributed by atoms with van der Waals surface area (Å²) >= 11 is 3.51. The summed E-state index contributed by atoms with van der Waals surface area (Å²) in [5, 5.41) is 8.97. The van der Waals surface area contributed by atoms with Gasteiger partial charge >= 0.3 is 0 Å². The van der Waals surface area contributed by atoms with Crippen LogP contribution in [0.5, 0.6) is 0 Å². The molecule has 0 saturated heterocycles. The first-order valence-electron chi connectivity index (χ1n) is 5.48. The molecular weight excluding hydrogens is 278 g/mol. The van der Waals surface area contributed by atoms with Gasteiger partial charge in [-0.2, -0.15) is 5.26 Å². The lowest BCUT2D eigenvalue weighted by Crippen LogP contribution is -2.14. The zero-order chi connectivity index (χ0) is 12.6. The predicted molar refractivity (Wildman–Crippen MR) is 70.9 cm³/mol. The standard InChI is InChI=1S/C13H14BrN3/c1-13(2,3)12-9(7-8-15)17-10(14)5-4-6-11(17)16-12/h4-6H,7H2,1-3H3. The number of nitrogens with zero attached hydrogens (tertiary/aromatic N) is 3. The largest absolute Gasteiger partial charge is 0.289 e. The van der Waals surface area contributed by atoms with Crippen LogP contribution in [0.2, 0.25) is 0 Å². The van der Waals surface area contributed by atoms with Gasteiger partial charge in [0.05, 0.1) is 28.5 Å². The van der Waals surface area contributed by atoms with Crippen LogP contribution in [0.25, 0.3) is 5.65 Å². The highest BCUT2D eigenvalue weighted by Crippen LogP contribution is 2.28. The molecule has 0 aliphatic rings. The SMILES string of the molecule is CC(C)(C)c1nc2cccc(Br)n2c1CC#N. The number of rotatable bonds is 1. The van der Waals surface area contributed by atoms with E-state index in [1.54, 1.807) is 0 Å². The van der Waals surface area contributed by atoms with E-state index >= 15 is 0 Å². The van der Waals surface area contributed by atoms with Gasteiger partial charge in [-0.15, -0.1) is 0 Å². The molecule has 0 aliphatic heterocycles. The maximum absolute atomic E-state index is 8.97. The van der Waals surface area contributed by atoms with Crippen LogP contribution < -0.4 is 0 Å². The van der Waals surface area contributed by atoms with Gasteiger partial charge in [-0.3, -0.25) is 4.40 Å². The molecule has 0 aromatic carbocycles. The van der Waals surface area contributed by atoms with Crippen LogP contribution in [0.15, 0.2) is 22.8 Å². The van der Waals surface area contributed by atoms with E-state index in [2.05, 4.69) is 47.8 Å². The number of hydrogen-bond acceptors (Lipinski definition) is 2. The summed E-state index contributed by atoms with van der Waals surface area (Å²) in [7, 11) is 0. The highest BCUT2D eigenvalue weighted by atomic mass is 79.9. The Hall–Kier alpha value is -1.34. The Bertz CT molecular complexity index is 599. The average molecular weight is 292 g/mol. The lowest BCUT2D eigenvalue weighted by Gasteiger charge is -2.17. The summed E-state index contributed by atoms with van der Waals surface area (Å²) in [6, 6.07) is 8.09. The molecule has 0 amide bonds. The van der Waals surface area contributed by atoms with E-state index in [4.69, 9.17) is 5.26 Å². The van der Waals surface area contributed by atoms with Gasteiger partial charge in [0.25, 0.3) is 0 Å². The van der Waals surface area contributed by atoms with E-state index in [9.17, 15) is 0 Å². The minimum atomic E-state index is -0.0579. The smallest absolute Gasteiger partial charge is 0.138 e. The van der Waals surface area contributed by atoms with Gasteiger partial charge in [0.1, 0.15) is 5.65 Å². The van der Waals surface area contributed by atoms with Gasteiger partial charge in [-0.1, -0.05) is 26.8 Å². The number of pyridine rings is 1. The number of fused-ring (bicyclic) bond motifs is 1. The zero-order valence-corrected chi connectivity index (χ0v) is 11.7. The number of hydrogen-bond donors (Lipinski definition) is 0. The fraction of sp³-hybridized carbons (Fsp3) is 0.385. The molecule has 0 saturated carbocycles. The van der Waals surface area contributed by atoms with E-state index in [1.165, 1.54) is 0 Å². The van der Waals surface area contributed by atoms with Crippen LogP contribution in [0, 0.1) is 11.3 Å². The fourth-order valence-corrected chi connectivity index (χ4v) is 2.50. The van der Waals surface area contributed by atoms with Gasteiger partial charge in [-0.25, -0.2) is 4.98 Å². The molecule has 3 nitrogen and oxygen atoms in total. The first-order chi connectivity index (χ1) is 7.95. The summed E-state index contributed by atoms with van der Waals surface area (Å²) in [5.41, 5.74) is 2.79. The third-order valence-corrected chi connectivity index (χ3v) is 3.27. The predicted octanol–water partition coefficient (Wildman–Crippen LogP) is 3.46. The van der Waals surface area contributed by atoms with Crippen molar-refractivity contribution in [2.45, 2.75) is 32.6 Å². The van der Waals surface area contributed by atoms with Gasteiger partial charge in [0.2, 0.25) is 0 Å². The molecule has 2 heterocycles. The topological polar surface area (TPSA) is 41.1 Å². The van der Waals surface area contributed by atoms with Crippen molar-refractivity contribution >= 4 is 21.6 Å². The number of nitriles is 1. The third-order valence-electron chi connectivity index (χ3n) is 2.65. The van der Waals surface area contributed by atoms with E-state index in [-0.39, 0.29) is 5.41 Å². The second-order valence-corrected chi connectivity index (χ2v) is 5.85. The van der Waals surface area contributed by atoms with Gasteiger partial charge in [0.15, 0.2) is 0 Å². The maximum Gasteiger partial charge on any atom is 0.138 e. The quantitative estimate of drug-likeness (QED) is 0.755. The van der Waals surface area contributed by atoms with E-state index in [0.29, 0.717) is 6.42 Å². The van der Waals surface area contributed by atoms with Crippen LogP contribution in [0.3, 0.4) is 0 Å². The lowest BCUT2D eigenvalue weighted by molar-refractivity contribution is 0.566. The van der Waals surface area contributed by atoms with Crippen LogP contribution in [0.4, 0.5) is 0 Å². The minimum absolute atomic E-state index is 0.0579. The van der Waals surface area contributed by atoms with Crippen molar-refractivity contribution in [2.24, 2.45) is 0 Å². The fourth-order valence-electron chi connectivity index (χ4n) is 1.95. The molecule has 88 valence electrons. The summed E-state index contributed by atoms with van der Waals surface area (Å²) in [4.78, 5) is 4.65. The Labute approximate surface area is 109 Å². The Morgan fingerprint density at radius 1 is 1.41 bits per heavy atom. The van der Waals surface area contributed by atoms with E-state index in [0.717, 1.165) is 21.6 Å². The van der Waals surface area contributed by atoms with Crippen molar-refractivity contribution in [3.05, 3.63) is 34.2 Å². The zero-order valence-electron chi connectivity index (χ0n) is 10.2. The number of halogens is 1. The highest BCUT2D eigenvalue weighted by Gasteiger charge is 2.24. The van der Waals surface area contributed by atoms with Gasteiger partial charge in [-0.05, 0) is 28.1 Å². The lowest BCUT2D eigenvalue weighted by atomic mass is 9.90. The summed E-state index contributed by atoms with van der Waals surface area (Å²) in [6.07, 6.45) is 0.371. The molecular formula is C13H14BrN3. The molecule has 4 heteroatoms. The molecule has 0 radical (unpaired) electrons. The van der Waals surface area contributed by atoms with Crippen molar-refractivity contribution in [3.8, 4) is 6.07 Å².